The fourth-order valence-corrected chi connectivity index (χ4v) is 8.31. The van der Waals surface area contributed by atoms with Crippen molar-refractivity contribution in [1.82, 2.24) is 5.32 Å². The lowest BCUT2D eigenvalue weighted by molar-refractivity contribution is -0.151. The Labute approximate surface area is 391 Å². The van der Waals surface area contributed by atoms with E-state index in [1.54, 1.807) is 0 Å². The van der Waals surface area contributed by atoms with Crippen molar-refractivity contribution in [1.29, 1.82) is 0 Å². The minimum Gasteiger partial charge on any atom is -0.462 e. The van der Waals surface area contributed by atoms with Crippen LogP contribution in [-0.2, 0) is 14.3 Å². The number of allylic oxidation sites excluding steroid dienone is 8. The lowest BCUT2D eigenvalue weighted by Crippen LogP contribution is -2.46. The summed E-state index contributed by atoms with van der Waals surface area (Å²) >= 11 is 0. The number of aliphatic hydroxyl groups excluding tert-OH is 2. The molecular weight excluding hydrogens is 779 g/mol. The molecule has 0 spiro atoms. The number of ether oxygens (including phenoxy) is 1. The van der Waals surface area contributed by atoms with Gasteiger partial charge in [-0.15, -0.1) is 0 Å². The first kappa shape index (κ1) is 60.8. The van der Waals surface area contributed by atoms with Crippen molar-refractivity contribution in [3.8, 4) is 0 Å². The zero-order chi connectivity index (χ0) is 45.9. The van der Waals surface area contributed by atoms with Gasteiger partial charge in [0.25, 0.3) is 0 Å². The summed E-state index contributed by atoms with van der Waals surface area (Å²) in [6.07, 6.45) is 61.7. The van der Waals surface area contributed by atoms with Crippen LogP contribution in [0.3, 0.4) is 0 Å². The summed E-state index contributed by atoms with van der Waals surface area (Å²) in [5.74, 6) is -0.499. The number of unbranched alkanes of at least 4 members (excludes halogenated alkanes) is 29. The van der Waals surface area contributed by atoms with E-state index in [9.17, 15) is 19.8 Å². The molecule has 0 heterocycles. The molecule has 63 heavy (non-hydrogen) atoms. The van der Waals surface area contributed by atoms with E-state index in [0.29, 0.717) is 19.3 Å². The van der Waals surface area contributed by atoms with Gasteiger partial charge < -0.3 is 20.3 Å². The number of hydrogen-bond acceptors (Lipinski definition) is 5. The largest absolute Gasteiger partial charge is 0.462 e. The number of rotatable bonds is 49. The van der Waals surface area contributed by atoms with Crippen molar-refractivity contribution in [3.63, 3.8) is 0 Å². The lowest BCUT2D eigenvalue weighted by Gasteiger charge is -2.24. The Morgan fingerprint density at radius 3 is 1.29 bits per heavy atom. The van der Waals surface area contributed by atoms with Crippen LogP contribution in [-0.4, -0.2) is 46.9 Å². The second-order valence-corrected chi connectivity index (χ2v) is 18.6. The van der Waals surface area contributed by atoms with E-state index in [1.165, 1.54) is 148 Å². The Kier molecular flexibility index (Phi) is 49.1. The number of aliphatic hydroxyl groups is 2. The highest BCUT2D eigenvalue weighted by Gasteiger charge is 2.24. The minimum atomic E-state index is -0.791. The molecule has 3 atom stereocenters. The summed E-state index contributed by atoms with van der Waals surface area (Å²) in [6.45, 7) is 6.38. The molecule has 0 radical (unpaired) electrons. The molecule has 0 aliphatic heterocycles. The number of nitrogens with one attached hydrogen (secondary N) is 1. The van der Waals surface area contributed by atoms with E-state index < -0.39 is 18.2 Å². The molecule has 368 valence electrons. The number of carbonyl (C=O) groups excluding carboxylic acids is 2. The standard InChI is InChI=1S/C57H105NO5/c1-4-7-10-13-16-19-22-24-26-28-29-31-34-36-39-42-45-48-53(63-57(62)50-47-44-41-38-35-32-30-27-25-23-20-17-14-11-8-5-2)51-56(61)58-54(52-59)55(60)49-46-43-40-37-33-21-18-15-12-9-6-3/h8,11,17,20,25,27,32,35,53-55,59-60H,4-7,9-10,12-16,18-19,21-24,26,28-31,33-34,36-52H2,1-3H3,(H,58,61)/b11-8+,20-17+,27-25+,35-32+. The Balaban J connectivity index is 4.60. The summed E-state index contributed by atoms with van der Waals surface area (Å²) in [7, 11) is 0. The van der Waals surface area contributed by atoms with E-state index in [2.05, 4.69) is 74.7 Å². The first-order chi connectivity index (χ1) is 31.0. The molecule has 0 saturated heterocycles. The summed E-state index contributed by atoms with van der Waals surface area (Å²) in [5.41, 5.74) is 0. The van der Waals surface area contributed by atoms with Crippen LogP contribution >= 0.6 is 0 Å². The molecular formula is C57H105NO5. The van der Waals surface area contributed by atoms with Gasteiger partial charge in [0.2, 0.25) is 5.91 Å². The van der Waals surface area contributed by atoms with E-state index in [4.69, 9.17) is 4.74 Å². The van der Waals surface area contributed by atoms with Crippen molar-refractivity contribution >= 4 is 11.9 Å². The SMILES string of the molecule is CC/C=C/C/C=C/C/C=C/C/C=C/CCCCCC(=O)OC(CCCCCCCCCCCCCCCCCCC)CC(=O)NC(CO)C(O)CCCCCCCCCCCCC. The third kappa shape index (κ3) is 46.2. The van der Waals surface area contributed by atoms with Crippen molar-refractivity contribution < 1.29 is 24.5 Å². The van der Waals surface area contributed by atoms with Gasteiger partial charge >= 0.3 is 5.97 Å². The molecule has 0 aromatic rings. The van der Waals surface area contributed by atoms with Crippen LogP contribution < -0.4 is 5.32 Å². The highest BCUT2D eigenvalue weighted by Crippen LogP contribution is 2.18. The molecule has 6 heteroatoms. The molecule has 0 aromatic carbocycles. The van der Waals surface area contributed by atoms with Gasteiger partial charge in [0, 0.05) is 6.42 Å². The maximum atomic E-state index is 13.2. The zero-order valence-corrected chi connectivity index (χ0v) is 42.0. The monoisotopic (exact) mass is 884 g/mol. The van der Waals surface area contributed by atoms with E-state index >= 15 is 0 Å². The summed E-state index contributed by atoms with van der Waals surface area (Å²) < 4.78 is 5.94. The molecule has 6 nitrogen and oxygen atoms in total. The fraction of sp³-hybridized carbons (Fsp3) is 0.825. The molecule has 0 aliphatic rings. The van der Waals surface area contributed by atoms with Crippen LogP contribution in [0.15, 0.2) is 48.6 Å². The van der Waals surface area contributed by atoms with Gasteiger partial charge in [-0.25, -0.2) is 0 Å². The molecule has 0 rings (SSSR count). The van der Waals surface area contributed by atoms with Crippen molar-refractivity contribution in [2.75, 3.05) is 6.61 Å². The normalized spacial score (nSPS) is 13.5. The highest BCUT2D eigenvalue weighted by atomic mass is 16.5. The third-order valence-corrected chi connectivity index (χ3v) is 12.4. The molecule has 3 unspecified atom stereocenters. The summed E-state index contributed by atoms with van der Waals surface area (Å²) in [6, 6.07) is -0.706. The first-order valence-electron chi connectivity index (χ1n) is 27.4. The molecule has 0 aromatic heterocycles. The number of amides is 1. The molecule has 0 saturated carbocycles. The maximum Gasteiger partial charge on any atom is 0.306 e. The predicted molar refractivity (Wildman–Crippen MR) is 273 cm³/mol. The Morgan fingerprint density at radius 2 is 0.857 bits per heavy atom. The van der Waals surface area contributed by atoms with Crippen LogP contribution in [0.2, 0.25) is 0 Å². The number of hydrogen-bond donors (Lipinski definition) is 3. The molecule has 3 N–H and O–H groups in total. The Bertz CT molecular complexity index is 1080. The smallest absolute Gasteiger partial charge is 0.306 e. The topological polar surface area (TPSA) is 95.9 Å². The molecule has 0 aliphatic carbocycles. The van der Waals surface area contributed by atoms with E-state index in [1.807, 2.05) is 0 Å². The lowest BCUT2D eigenvalue weighted by atomic mass is 10.0. The third-order valence-electron chi connectivity index (χ3n) is 12.4. The fourth-order valence-electron chi connectivity index (χ4n) is 8.31. The van der Waals surface area contributed by atoms with Gasteiger partial charge in [-0.05, 0) is 64.2 Å². The van der Waals surface area contributed by atoms with Gasteiger partial charge in [-0.2, -0.15) is 0 Å². The van der Waals surface area contributed by atoms with Crippen LogP contribution in [0.4, 0.5) is 0 Å². The van der Waals surface area contributed by atoms with Gasteiger partial charge in [-0.1, -0.05) is 249 Å². The Morgan fingerprint density at radius 1 is 0.476 bits per heavy atom. The summed E-state index contributed by atoms with van der Waals surface area (Å²) in [4.78, 5) is 26.2. The first-order valence-corrected chi connectivity index (χ1v) is 27.4. The number of esters is 1. The Hall–Kier alpha value is -2.18. The van der Waals surface area contributed by atoms with Crippen molar-refractivity contribution in [2.45, 2.75) is 296 Å². The van der Waals surface area contributed by atoms with Gasteiger partial charge in [-0.3, -0.25) is 9.59 Å². The van der Waals surface area contributed by atoms with Gasteiger partial charge in [0.1, 0.15) is 6.10 Å². The van der Waals surface area contributed by atoms with Crippen LogP contribution in [0.5, 0.6) is 0 Å². The number of carbonyl (C=O) groups is 2. The van der Waals surface area contributed by atoms with E-state index in [0.717, 1.165) is 83.5 Å². The minimum absolute atomic E-state index is 0.0676. The van der Waals surface area contributed by atoms with Gasteiger partial charge in [0.15, 0.2) is 0 Å². The van der Waals surface area contributed by atoms with E-state index in [-0.39, 0.29) is 24.9 Å². The van der Waals surface area contributed by atoms with Crippen molar-refractivity contribution in [2.24, 2.45) is 0 Å². The molecule has 1 amide bonds. The highest BCUT2D eigenvalue weighted by molar-refractivity contribution is 5.77. The summed E-state index contributed by atoms with van der Waals surface area (Å²) in [5, 5.41) is 23.8. The van der Waals surface area contributed by atoms with Crippen molar-refractivity contribution in [3.05, 3.63) is 48.6 Å². The van der Waals surface area contributed by atoms with Crippen LogP contribution in [0.1, 0.15) is 278 Å². The second kappa shape index (κ2) is 50.8. The van der Waals surface area contributed by atoms with Crippen LogP contribution in [0, 0.1) is 0 Å². The predicted octanol–water partition coefficient (Wildman–Crippen LogP) is 16.6. The quantitative estimate of drug-likeness (QED) is 0.0321. The molecule has 0 bridgehead atoms. The average molecular weight is 884 g/mol. The average Bonchev–Trinajstić information content (AvgIpc) is 3.28. The second-order valence-electron chi connectivity index (χ2n) is 18.6. The molecule has 0 fully saturated rings. The van der Waals surface area contributed by atoms with Crippen LogP contribution in [0.25, 0.3) is 0 Å². The zero-order valence-electron chi connectivity index (χ0n) is 42.0. The maximum absolute atomic E-state index is 13.2. The van der Waals surface area contributed by atoms with Gasteiger partial charge in [0.05, 0.1) is 25.2 Å².